The SMILES string of the molecule is OC(CC1CCOc2ccccc21)c1ccc(Br)cc1F. The molecule has 0 saturated heterocycles. The number of hydrogen-bond donors (Lipinski definition) is 1. The second kappa shape index (κ2) is 6.16. The van der Waals surface area contributed by atoms with E-state index in [0.29, 0.717) is 23.1 Å². The molecule has 1 aliphatic rings. The summed E-state index contributed by atoms with van der Waals surface area (Å²) in [6, 6.07) is 12.6. The highest BCUT2D eigenvalue weighted by molar-refractivity contribution is 9.10. The molecule has 110 valence electrons. The van der Waals surface area contributed by atoms with Crippen LogP contribution < -0.4 is 4.74 Å². The van der Waals surface area contributed by atoms with Gasteiger partial charge in [-0.05, 0) is 42.5 Å². The highest BCUT2D eigenvalue weighted by atomic mass is 79.9. The first kappa shape index (κ1) is 14.5. The van der Waals surface area contributed by atoms with Crippen LogP contribution in [0.3, 0.4) is 0 Å². The van der Waals surface area contributed by atoms with Crippen LogP contribution in [0.2, 0.25) is 0 Å². The third-order valence-electron chi connectivity index (χ3n) is 3.91. The lowest BCUT2D eigenvalue weighted by Gasteiger charge is -2.27. The van der Waals surface area contributed by atoms with Crippen LogP contribution in [0.25, 0.3) is 0 Å². The molecule has 2 aromatic rings. The summed E-state index contributed by atoms with van der Waals surface area (Å²) >= 11 is 3.23. The Labute approximate surface area is 131 Å². The molecule has 0 aromatic heterocycles. The second-order valence-electron chi connectivity index (χ2n) is 5.29. The number of halogens is 2. The smallest absolute Gasteiger partial charge is 0.130 e. The minimum atomic E-state index is -0.811. The first-order valence-electron chi connectivity index (χ1n) is 7.00. The zero-order chi connectivity index (χ0) is 14.8. The van der Waals surface area contributed by atoms with E-state index in [9.17, 15) is 9.50 Å². The van der Waals surface area contributed by atoms with Gasteiger partial charge in [-0.3, -0.25) is 0 Å². The number of para-hydroxylation sites is 1. The molecule has 1 aliphatic heterocycles. The minimum absolute atomic E-state index is 0.188. The van der Waals surface area contributed by atoms with Crippen LogP contribution in [-0.4, -0.2) is 11.7 Å². The Hall–Kier alpha value is -1.39. The summed E-state index contributed by atoms with van der Waals surface area (Å²) in [6.07, 6.45) is 0.528. The van der Waals surface area contributed by atoms with Crippen LogP contribution in [0.1, 0.15) is 36.0 Å². The maximum absolute atomic E-state index is 13.9. The Morgan fingerprint density at radius 1 is 1.29 bits per heavy atom. The normalized spacial score (nSPS) is 18.7. The Bertz CT molecular complexity index is 644. The lowest BCUT2D eigenvalue weighted by molar-refractivity contribution is 0.141. The predicted molar refractivity (Wildman–Crippen MR) is 83.0 cm³/mol. The summed E-state index contributed by atoms with van der Waals surface area (Å²) in [5, 5.41) is 10.4. The third-order valence-corrected chi connectivity index (χ3v) is 4.41. The molecule has 1 N–H and O–H groups in total. The molecule has 0 fully saturated rings. The Balaban J connectivity index is 1.81. The van der Waals surface area contributed by atoms with E-state index in [0.717, 1.165) is 17.7 Å². The van der Waals surface area contributed by atoms with E-state index in [1.807, 2.05) is 24.3 Å². The van der Waals surface area contributed by atoms with E-state index in [-0.39, 0.29) is 11.7 Å². The van der Waals surface area contributed by atoms with Crippen molar-refractivity contribution in [3.63, 3.8) is 0 Å². The standard InChI is InChI=1S/C17H16BrFO2/c18-12-5-6-14(15(19)10-12)16(20)9-11-7-8-21-17-4-2-1-3-13(11)17/h1-6,10-11,16,20H,7-9H2. The Morgan fingerprint density at radius 3 is 2.90 bits per heavy atom. The number of rotatable bonds is 3. The van der Waals surface area contributed by atoms with Gasteiger partial charge in [0.1, 0.15) is 11.6 Å². The largest absolute Gasteiger partial charge is 0.493 e. The zero-order valence-electron chi connectivity index (χ0n) is 11.4. The molecule has 2 unspecified atom stereocenters. The molecule has 21 heavy (non-hydrogen) atoms. The van der Waals surface area contributed by atoms with Gasteiger partial charge in [0.25, 0.3) is 0 Å². The Kier molecular flexibility index (Phi) is 4.27. The van der Waals surface area contributed by atoms with Gasteiger partial charge in [-0.1, -0.05) is 40.2 Å². The van der Waals surface area contributed by atoms with Crippen LogP contribution in [0, 0.1) is 5.82 Å². The molecule has 2 nitrogen and oxygen atoms in total. The molecule has 2 aromatic carbocycles. The van der Waals surface area contributed by atoms with Crippen LogP contribution >= 0.6 is 15.9 Å². The number of fused-ring (bicyclic) bond motifs is 1. The van der Waals surface area contributed by atoms with Gasteiger partial charge in [-0.15, -0.1) is 0 Å². The number of aliphatic hydroxyl groups is 1. The number of aliphatic hydroxyl groups excluding tert-OH is 1. The first-order valence-corrected chi connectivity index (χ1v) is 7.79. The number of ether oxygens (including phenoxy) is 1. The molecule has 0 spiro atoms. The zero-order valence-corrected chi connectivity index (χ0v) is 13.0. The molecule has 0 radical (unpaired) electrons. The lowest BCUT2D eigenvalue weighted by atomic mass is 9.86. The van der Waals surface area contributed by atoms with Gasteiger partial charge in [0, 0.05) is 10.0 Å². The highest BCUT2D eigenvalue weighted by Crippen LogP contribution is 2.39. The summed E-state index contributed by atoms with van der Waals surface area (Å²) in [7, 11) is 0. The van der Waals surface area contributed by atoms with Crippen LogP contribution in [0.5, 0.6) is 5.75 Å². The van der Waals surface area contributed by atoms with Crippen molar-refractivity contribution in [1.82, 2.24) is 0 Å². The summed E-state index contributed by atoms with van der Waals surface area (Å²) in [5.41, 5.74) is 1.45. The van der Waals surface area contributed by atoms with Gasteiger partial charge in [-0.2, -0.15) is 0 Å². The van der Waals surface area contributed by atoms with Crippen molar-refractivity contribution in [2.24, 2.45) is 0 Å². The van der Waals surface area contributed by atoms with Crippen molar-refractivity contribution >= 4 is 15.9 Å². The number of benzene rings is 2. The van der Waals surface area contributed by atoms with Gasteiger partial charge < -0.3 is 9.84 Å². The van der Waals surface area contributed by atoms with Gasteiger partial charge >= 0.3 is 0 Å². The highest BCUT2D eigenvalue weighted by Gasteiger charge is 2.25. The van der Waals surface area contributed by atoms with Crippen LogP contribution in [0.4, 0.5) is 4.39 Å². The molecule has 0 bridgehead atoms. The van der Waals surface area contributed by atoms with Crippen molar-refractivity contribution in [3.05, 3.63) is 63.9 Å². The summed E-state index contributed by atoms with van der Waals surface area (Å²) in [6.45, 7) is 0.636. The van der Waals surface area contributed by atoms with E-state index >= 15 is 0 Å². The monoisotopic (exact) mass is 350 g/mol. The molecule has 0 aliphatic carbocycles. The fourth-order valence-corrected chi connectivity index (χ4v) is 3.16. The number of hydrogen-bond acceptors (Lipinski definition) is 2. The molecule has 3 rings (SSSR count). The predicted octanol–water partition coefficient (Wildman–Crippen LogP) is 4.58. The van der Waals surface area contributed by atoms with Gasteiger partial charge in [-0.25, -0.2) is 4.39 Å². The van der Waals surface area contributed by atoms with E-state index < -0.39 is 6.10 Å². The minimum Gasteiger partial charge on any atom is -0.493 e. The maximum Gasteiger partial charge on any atom is 0.130 e. The van der Waals surface area contributed by atoms with Crippen molar-refractivity contribution in [3.8, 4) is 5.75 Å². The van der Waals surface area contributed by atoms with E-state index in [1.54, 1.807) is 12.1 Å². The fourth-order valence-electron chi connectivity index (χ4n) is 2.83. The van der Waals surface area contributed by atoms with E-state index in [1.165, 1.54) is 6.07 Å². The van der Waals surface area contributed by atoms with Crippen LogP contribution in [-0.2, 0) is 0 Å². The summed E-state index contributed by atoms with van der Waals surface area (Å²) in [4.78, 5) is 0. The van der Waals surface area contributed by atoms with Gasteiger partial charge in [0.15, 0.2) is 0 Å². The maximum atomic E-state index is 13.9. The average Bonchev–Trinajstić information content (AvgIpc) is 2.47. The summed E-state index contributed by atoms with van der Waals surface area (Å²) < 4.78 is 20.2. The topological polar surface area (TPSA) is 29.5 Å². The lowest BCUT2D eigenvalue weighted by Crippen LogP contribution is -2.16. The van der Waals surface area contributed by atoms with Crippen molar-refractivity contribution in [2.75, 3.05) is 6.61 Å². The first-order chi connectivity index (χ1) is 10.1. The molecule has 1 heterocycles. The van der Waals surface area contributed by atoms with E-state index in [2.05, 4.69) is 15.9 Å². The van der Waals surface area contributed by atoms with Crippen molar-refractivity contribution in [2.45, 2.75) is 24.9 Å². The summed E-state index contributed by atoms with van der Waals surface area (Å²) in [5.74, 6) is 0.683. The van der Waals surface area contributed by atoms with Crippen molar-refractivity contribution in [1.29, 1.82) is 0 Å². The fraction of sp³-hybridized carbons (Fsp3) is 0.294. The quantitative estimate of drug-likeness (QED) is 0.877. The molecular weight excluding hydrogens is 335 g/mol. The Morgan fingerprint density at radius 2 is 2.10 bits per heavy atom. The van der Waals surface area contributed by atoms with Crippen LogP contribution in [0.15, 0.2) is 46.9 Å². The molecule has 4 heteroatoms. The van der Waals surface area contributed by atoms with Gasteiger partial charge in [0.05, 0.1) is 12.7 Å². The van der Waals surface area contributed by atoms with E-state index in [4.69, 9.17) is 4.74 Å². The van der Waals surface area contributed by atoms with Crippen molar-refractivity contribution < 1.29 is 14.2 Å². The second-order valence-corrected chi connectivity index (χ2v) is 6.20. The molecular formula is C17H16BrFO2. The molecule has 2 atom stereocenters. The molecule has 0 amide bonds. The average molecular weight is 351 g/mol. The third kappa shape index (κ3) is 3.11. The molecule has 0 saturated carbocycles. The van der Waals surface area contributed by atoms with Gasteiger partial charge in [0.2, 0.25) is 0 Å².